The molecule has 0 aliphatic carbocycles. The molecule has 0 heterocycles. The van der Waals surface area contributed by atoms with E-state index in [0.29, 0.717) is 27.9 Å². The Kier molecular flexibility index (Phi) is 6.77. The highest BCUT2D eigenvalue weighted by atomic mass is 35.5. The van der Waals surface area contributed by atoms with Crippen LogP contribution in [0, 0.1) is 0 Å². The van der Waals surface area contributed by atoms with E-state index in [-0.39, 0.29) is 11.8 Å². The van der Waals surface area contributed by atoms with Crippen LogP contribution in [0.25, 0.3) is 0 Å². The summed E-state index contributed by atoms with van der Waals surface area (Å²) in [5.41, 5.74) is 3.87. The fourth-order valence-electron chi connectivity index (χ4n) is 3.08. The van der Waals surface area contributed by atoms with Crippen LogP contribution in [-0.2, 0) is 0 Å². The second kappa shape index (κ2) is 9.27. The van der Waals surface area contributed by atoms with Crippen LogP contribution in [0.2, 0.25) is 10.0 Å². The van der Waals surface area contributed by atoms with Gasteiger partial charge in [0.15, 0.2) is 5.78 Å². The zero-order valence-electron chi connectivity index (χ0n) is 16.0. The molecule has 28 heavy (non-hydrogen) atoms. The SMILES string of the molecule is CC(C)c1ccc(C(CC(=O)c2ccc(Cl)cc2)Nc2cccc(Cl)c2)cc1. The summed E-state index contributed by atoms with van der Waals surface area (Å²) < 4.78 is 0. The molecule has 1 atom stereocenters. The van der Waals surface area contributed by atoms with Crippen molar-refractivity contribution in [3.8, 4) is 0 Å². The molecule has 0 aliphatic rings. The van der Waals surface area contributed by atoms with Crippen LogP contribution in [0.4, 0.5) is 5.69 Å². The van der Waals surface area contributed by atoms with Gasteiger partial charge in [-0.3, -0.25) is 4.79 Å². The Morgan fingerprint density at radius 1 is 0.857 bits per heavy atom. The molecule has 3 aromatic rings. The zero-order valence-corrected chi connectivity index (χ0v) is 17.5. The first-order chi connectivity index (χ1) is 13.4. The molecule has 0 saturated carbocycles. The molecule has 3 aromatic carbocycles. The lowest BCUT2D eigenvalue weighted by molar-refractivity contribution is 0.0976. The lowest BCUT2D eigenvalue weighted by Gasteiger charge is -2.21. The van der Waals surface area contributed by atoms with E-state index in [4.69, 9.17) is 23.2 Å². The molecule has 144 valence electrons. The number of carbonyl (C=O) groups excluding carboxylic acids is 1. The summed E-state index contributed by atoms with van der Waals surface area (Å²) in [4.78, 5) is 12.9. The average Bonchev–Trinajstić information content (AvgIpc) is 2.68. The molecule has 0 saturated heterocycles. The van der Waals surface area contributed by atoms with Crippen molar-refractivity contribution in [1.29, 1.82) is 0 Å². The number of anilines is 1. The van der Waals surface area contributed by atoms with Gasteiger partial charge < -0.3 is 5.32 Å². The van der Waals surface area contributed by atoms with Crippen LogP contribution in [0.3, 0.4) is 0 Å². The monoisotopic (exact) mass is 411 g/mol. The zero-order chi connectivity index (χ0) is 20.1. The molecular formula is C24H23Cl2NO. The summed E-state index contributed by atoms with van der Waals surface area (Å²) in [6.45, 7) is 4.33. The number of ketones is 1. The maximum absolute atomic E-state index is 12.9. The summed E-state index contributed by atoms with van der Waals surface area (Å²) in [6, 6.07) is 22.8. The third-order valence-electron chi connectivity index (χ3n) is 4.73. The van der Waals surface area contributed by atoms with Crippen LogP contribution in [0.1, 0.15) is 53.7 Å². The molecule has 1 N–H and O–H groups in total. The van der Waals surface area contributed by atoms with Crippen LogP contribution in [0.5, 0.6) is 0 Å². The number of benzene rings is 3. The first-order valence-electron chi connectivity index (χ1n) is 9.33. The van der Waals surface area contributed by atoms with Gasteiger partial charge in [-0.1, -0.05) is 67.4 Å². The average molecular weight is 412 g/mol. The van der Waals surface area contributed by atoms with Gasteiger partial charge in [0.1, 0.15) is 0 Å². The molecule has 2 nitrogen and oxygen atoms in total. The molecule has 3 rings (SSSR count). The largest absolute Gasteiger partial charge is 0.378 e. The van der Waals surface area contributed by atoms with Crippen molar-refractivity contribution < 1.29 is 4.79 Å². The maximum atomic E-state index is 12.9. The van der Waals surface area contributed by atoms with Gasteiger partial charge in [0.05, 0.1) is 6.04 Å². The summed E-state index contributed by atoms with van der Waals surface area (Å²) in [6.07, 6.45) is 0.329. The molecule has 0 aromatic heterocycles. The smallest absolute Gasteiger partial charge is 0.165 e. The van der Waals surface area contributed by atoms with Crippen molar-refractivity contribution in [3.05, 3.63) is 99.5 Å². The molecule has 0 amide bonds. The molecular weight excluding hydrogens is 389 g/mol. The van der Waals surface area contributed by atoms with E-state index in [0.717, 1.165) is 11.3 Å². The lowest BCUT2D eigenvalue weighted by atomic mass is 9.95. The molecule has 0 bridgehead atoms. The Labute approximate surface area is 176 Å². The minimum Gasteiger partial charge on any atom is -0.378 e. The van der Waals surface area contributed by atoms with Crippen LogP contribution in [0.15, 0.2) is 72.8 Å². The summed E-state index contributed by atoms with van der Waals surface area (Å²) in [5, 5.41) is 4.74. The lowest BCUT2D eigenvalue weighted by Crippen LogP contribution is -2.16. The summed E-state index contributed by atoms with van der Waals surface area (Å²) in [7, 11) is 0. The third kappa shape index (κ3) is 5.37. The Balaban J connectivity index is 1.86. The molecule has 0 radical (unpaired) electrons. The highest BCUT2D eigenvalue weighted by molar-refractivity contribution is 6.31. The molecule has 0 aliphatic heterocycles. The highest BCUT2D eigenvalue weighted by Crippen LogP contribution is 2.27. The number of Topliss-reactive ketones (excluding diaryl/α,β-unsaturated/α-hetero) is 1. The van der Waals surface area contributed by atoms with E-state index >= 15 is 0 Å². The van der Waals surface area contributed by atoms with Crippen LogP contribution in [-0.4, -0.2) is 5.78 Å². The van der Waals surface area contributed by atoms with Crippen molar-refractivity contribution in [2.75, 3.05) is 5.32 Å². The number of carbonyl (C=O) groups is 1. The maximum Gasteiger partial charge on any atom is 0.165 e. The summed E-state index contributed by atoms with van der Waals surface area (Å²) in [5.74, 6) is 0.521. The second-order valence-corrected chi connectivity index (χ2v) is 8.04. The Hall–Kier alpha value is -2.29. The third-order valence-corrected chi connectivity index (χ3v) is 5.21. The number of halogens is 2. The predicted molar refractivity (Wildman–Crippen MR) is 119 cm³/mol. The van der Waals surface area contributed by atoms with E-state index in [9.17, 15) is 4.79 Å². The van der Waals surface area contributed by atoms with Crippen molar-refractivity contribution >= 4 is 34.7 Å². The Morgan fingerprint density at radius 3 is 2.11 bits per heavy atom. The minimum atomic E-state index is -0.164. The minimum absolute atomic E-state index is 0.0594. The van der Waals surface area contributed by atoms with Gasteiger partial charge in [0, 0.05) is 27.7 Å². The fraction of sp³-hybridized carbons (Fsp3) is 0.208. The van der Waals surface area contributed by atoms with E-state index in [1.165, 1.54) is 5.56 Å². The first-order valence-corrected chi connectivity index (χ1v) is 10.1. The Morgan fingerprint density at radius 2 is 1.50 bits per heavy atom. The van der Waals surface area contributed by atoms with Crippen molar-refractivity contribution in [1.82, 2.24) is 0 Å². The van der Waals surface area contributed by atoms with Gasteiger partial charge >= 0.3 is 0 Å². The number of nitrogens with one attached hydrogen (secondary N) is 1. The van der Waals surface area contributed by atoms with Gasteiger partial charge in [-0.25, -0.2) is 0 Å². The van der Waals surface area contributed by atoms with Crippen molar-refractivity contribution in [3.63, 3.8) is 0 Å². The van der Waals surface area contributed by atoms with Gasteiger partial charge in [-0.15, -0.1) is 0 Å². The molecule has 0 fully saturated rings. The molecule has 4 heteroatoms. The predicted octanol–water partition coefficient (Wildman–Crippen LogP) is 7.54. The van der Waals surface area contributed by atoms with E-state index in [2.05, 4.69) is 43.4 Å². The van der Waals surface area contributed by atoms with Gasteiger partial charge in [-0.2, -0.15) is 0 Å². The topological polar surface area (TPSA) is 29.1 Å². The second-order valence-electron chi connectivity index (χ2n) is 7.16. The van der Waals surface area contributed by atoms with Gasteiger partial charge in [0.2, 0.25) is 0 Å². The normalized spacial score (nSPS) is 12.0. The first kappa shape index (κ1) is 20.4. The van der Waals surface area contributed by atoms with Gasteiger partial charge in [0.25, 0.3) is 0 Å². The van der Waals surface area contributed by atoms with E-state index < -0.39 is 0 Å². The fourth-order valence-corrected chi connectivity index (χ4v) is 3.40. The van der Waals surface area contributed by atoms with E-state index in [1.807, 2.05) is 24.3 Å². The summed E-state index contributed by atoms with van der Waals surface area (Å²) >= 11 is 12.1. The van der Waals surface area contributed by atoms with Crippen LogP contribution < -0.4 is 5.32 Å². The Bertz CT molecular complexity index is 934. The van der Waals surface area contributed by atoms with Gasteiger partial charge in [-0.05, 0) is 59.5 Å². The highest BCUT2D eigenvalue weighted by Gasteiger charge is 2.18. The standard InChI is InChI=1S/C24H23Cl2NO/c1-16(2)17-6-8-18(9-7-17)23(27-22-5-3-4-21(26)14-22)15-24(28)19-10-12-20(25)13-11-19/h3-14,16,23,27H,15H2,1-2H3. The number of rotatable bonds is 7. The molecule has 0 spiro atoms. The number of hydrogen-bond donors (Lipinski definition) is 1. The quantitative estimate of drug-likeness (QED) is 0.406. The van der Waals surface area contributed by atoms with Crippen molar-refractivity contribution in [2.24, 2.45) is 0 Å². The number of hydrogen-bond acceptors (Lipinski definition) is 2. The van der Waals surface area contributed by atoms with E-state index in [1.54, 1.807) is 24.3 Å². The molecule has 1 unspecified atom stereocenters. The van der Waals surface area contributed by atoms with Crippen molar-refractivity contribution in [2.45, 2.75) is 32.2 Å². The van der Waals surface area contributed by atoms with Crippen LogP contribution >= 0.6 is 23.2 Å².